The Morgan fingerprint density at radius 1 is 1.32 bits per heavy atom. The van der Waals surface area contributed by atoms with Gasteiger partial charge >= 0.3 is 0 Å². The van der Waals surface area contributed by atoms with Gasteiger partial charge in [-0.1, -0.05) is 13.3 Å². The molecular formula is C15H30N2O2. The molecule has 4 nitrogen and oxygen atoms in total. The van der Waals surface area contributed by atoms with Gasteiger partial charge in [0.2, 0.25) is 0 Å². The largest absolute Gasteiger partial charge is 0.378 e. The van der Waals surface area contributed by atoms with Crippen molar-refractivity contribution < 1.29 is 9.47 Å². The first kappa shape index (κ1) is 15.2. The maximum Gasteiger partial charge on any atom is 0.0674 e. The zero-order valence-electron chi connectivity index (χ0n) is 12.6. The minimum Gasteiger partial charge on any atom is -0.378 e. The molecule has 112 valence electrons. The van der Waals surface area contributed by atoms with Crippen molar-refractivity contribution in [3.8, 4) is 0 Å². The van der Waals surface area contributed by atoms with Crippen molar-refractivity contribution in [2.45, 2.75) is 63.7 Å². The minimum absolute atomic E-state index is 0.139. The van der Waals surface area contributed by atoms with Crippen LogP contribution in [-0.4, -0.2) is 55.5 Å². The summed E-state index contributed by atoms with van der Waals surface area (Å²) in [5.74, 6) is 0. The molecule has 2 heterocycles. The van der Waals surface area contributed by atoms with Crippen molar-refractivity contribution in [2.24, 2.45) is 5.73 Å². The molecule has 0 radical (unpaired) electrons. The van der Waals surface area contributed by atoms with Crippen molar-refractivity contribution in [3.63, 3.8) is 0 Å². The third-order valence-electron chi connectivity index (χ3n) is 4.64. The second-order valence-corrected chi connectivity index (χ2v) is 6.15. The number of nitrogens with two attached hydrogens (primary N) is 1. The van der Waals surface area contributed by atoms with Gasteiger partial charge < -0.3 is 15.2 Å². The van der Waals surface area contributed by atoms with Crippen LogP contribution in [0.1, 0.15) is 46.0 Å². The third-order valence-corrected chi connectivity index (χ3v) is 4.64. The average molecular weight is 270 g/mol. The van der Waals surface area contributed by atoms with Crippen molar-refractivity contribution in [1.29, 1.82) is 0 Å². The monoisotopic (exact) mass is 270 g/mol. The number of nitrogens with zero attached hydrogens (tertiary/aromatic N) is 1. The summed E-state index contributed by atoms with van der Waals surface area (Å²) in [5, 5.41) is 0. The van der Waals surface area contributed by atoms with E-state index >= 15 is 0 Å². The molecule has 19 heavy (non-hydrogen) atoms. The average Bonchev–Trinajstić information content (AvgIpc) is 2.64. The Bertz CT molecular complexity index is 273. The first-order valence-electron chi connectivity index (χ1n) is 7.88. The Balaban J connectivity index is 2.06. The van der Waals surface area contributed by atoms with Crippen LogP contribution in [0.2, 0.25) is 0 Å². The maximum absolute atomic E-state index is 6.19. The minimum atomic E-state index is 0.139. The fourth-order valence-electron chi connectivity index (χ4n) is 3.53. The highest BCUT2D eigenvalue weighted by Crippen LogP contribution is 2.33. The molecule has 0 spiro atoms. The van der Waals surface area contributed by atoms with Crippen LogP contribution in [0.25, 0.3) is 0 Å². The molecule has 0 bridgehead atoms. The second-order valence-electron chi connectivity index (χ2n) is 6.15. The number of rotatable bonds is 4. The fraction of sp³-hybridized carbons (Fsp3) is 1.00. The molecule has 0 amide bonds. The Morgan fingerprint density at radius 2 is 2.16 bits per heavy atom. The maximum atomic E-state index is 6.19. The molecule has 2 aliphatic heterocycles. The first-order chi connectivity index (χ1) is 9.20. The van der Waals surface area contributed by atoms with E-state index in [0.717, 1.165) is 58.5 Å². The number of hydrogen-bond donors (Lipinski definition) is 1. The lowest BCUT2D eigenvalue weighted by Gasteiger charge is -2.48. The summed E-state index contributed by atoms with van der Waals surface area (Å²) in [6, 6.07) is 0. The molecule has 2 aliphatic rings. The smallest absolute Gasteiger partial charge is 0.0674 e. The predicted octanol–water partition coefficient (Wildman–Crippen LogP) is 1.77. The van der Waals surface area contributed by atoms with Gasteiger partial charge in [-0.25, -0.2) is 0 Å². The summed E-state index contributed by atoms with van der Waals surface area (Å²) in [6.07, 6.45) is 6.32. The van der Waals surface area contributed by atoms with Crippen LogP contribution in [-0.2, 0) is 9.47 Å². The molecule has 3 unspecified atom stereocenters. The highest BCUT2D eigenvalue weighted by atomic mass is 16.5. The lowest BCUT2D eigenvalue weighted by Crippen LogP contribution is -2.59. The van der Waals surface area contributed by atoms with Crippen LogP contribution >= 0.6 is 0 Å². The topological polar surface area (TPSA) is 47.7 Å². The Morgan fingerprint density at radius 3 is 2.89 bits per heavy atom. The normalized spacial score (nSPS) is 38.1. The van der Waals surface area contributed by atoms with E-state index in [-0.39, 0.29) is 5.54 Å². The molecule has 2 fully saturated rings. The zero-order valence-corrected chi connectivity index (χ0v) is 12.6. The van der Waals surface area contributed by atoms with Gasteiger partial charge in [0.25, 0.3) is 0 Å². The molecule has 0 aromatic heterocycles. The van der Waals surface area contributed by atoms with Crippen molar-refractivity contribution in [3.05, 3.63) is 0 Å². The van der Waals surface area contributed by atoms with E-state index in [1.54, 1.807) is 0 Å². The van der Waals surface area contributed by atoms with Gasteiger partial charge in [0.15, 0.2) is 0 Å². The van der Waals surface area contributed by atoms with Crippen molar-refractivity contribution in [2.75, 3.05) is 32.8 Å². The van der Waals surface area contributed by atoms with Crippen molar-refractivity contribution in [1.82, 2.24) is 4.90 Å². The van der Waals surface area contributed by atoms with Crippen LogP contribution in [0.15, 0.2) is 0 Å². The van der Waals surface area contributed by atoms with Crippen molar-refractivity contribution >= 4 is 0 Å². The standard InChI is InChI=1S/C15H30N2O2/c1-3-5-14-10-15(12-16,6-9-19-14)17-7-4-8-18-13(2)11-17/h13-14H,3-12,16H2,1-2H3. The van der Waals surface area contributed by atoms with E-state index in [1.807, 2.05) is 0 Å². The molecule has 2 N–H and O–H groups in total. The second kappa shape index (κ2) is 7.02. The van der Waals surface area contributed by atoms with E-state index in [4.69, 9.17) is 15.2 Å². The van der Waals surface area contributed by atoms with Crippen LogP contribution in [0.5, 0.6) is 0 Å². The zero-order chi connectivity index (χ0) is 13.7. The van der Waals surface area contributed by atoms with Gasteiger partial charge in [-0.15, -0.1) is 0 Å². The molecule has 0 aliphatic carbocycles. The summed E-state index contributed by atoms with van der Waals surface area (Å²) in [4.78, 5) is 2.59. The highest BCUT2D eigenvalue weighted by Gasteiger charge is 2.41. The van der Waals surface area contributed by atoms with E-state index < -0.39 is 0 Å². The summed E-state index contributed by atoms with van der Waals surface area (Å²) < 4.78 is 11.7. The van der Waals surface area contributed by atoms with E-state index in [2.05, 4.69) is 18.7 Å². The SMILES string of the molecule is CCCC1CC(CN)(N2CCCOC(C)C2)CCO1. The molecule has 2 saturated heterocycles. The molecule has 0 aromatic carbocycles. The number of hydrogen-bond acceptors (Lipinski definition) is 4. The first-order valence-corrected chi connectivity index (χ1v) is 7.88. The lowest BCUT2D eigenvalue weighted by molar-refractivity contribution is -0.0779. The highest BCUT2D eigenvalue weighted by molar-refractivity contribution is 4.97. The van der Waals surface area contributed by atoms with Gasteiger partial charge in [-0.2, -0.15) is 0 Å². The van der Waals surface area contributed by atoms with Crippen LogP contribution in [0.3, 0.4) is 0 Å². The van der Waals surface area contributed by atoms with Gasteiger partial charge in [0.1, 0.15) is 0 Å². The fourth-order valence-corrected chi connectivity index (χ4v) is 3.53. The Kier molecular flexibility index (Phi) is 5.63. The summed E-state index contributed by atoms with van der Waals surface area (Å²) in [6.45, 7) is 9.00. The van der Waals surface area contributed by atoms with Gasteiger partial charge in [0, 0.05) is 38.4 Å². The Hall–Kier alpha value is -0.160. The summed E-state index contributed by atoms with van der Waals surface area (Å²) in [7, 11) is 0. The van der Waals surface area contributed by atoms with E-state index in [9.17, 15) is 0 Å². The van der Waals surface area contributed by atoms with Crippen LogP contribution in [0, 0.1) is 0 Å². The molecular weight excluding hydrogens is 240 g/mol. The Labute approximate surface area is 117 Å². The van der Waals surface area contributed by atoms with Gasteiger partial charge in [-0.3, -0.25) is 4.90 Å². The third kappa shape index (κ3) is 3.69. The summed E-state index contributed by atoms with van der Waals surface area (Å²) in [5.41, 5.74) is 6.32. The molecule has 0 saturated carbocycles. The molecule has 0 aromatic rings. The molecule has 3 atom stereocenters. The molecule has 4 heteroatoms. The van der Waals surface area contributed by atoms with Crippen LogP contribution < -0.4 is 5.73 Å². The van der Waals surface area contributed by atoms with E-state index in [1.165, 1.54) is 6.42 Å². The van der Waals surface area contributed by atoms with Gasteiger partial charge in [-0.05, 0) is 32.6 Å². The predicted molar refractivity (Wildman–Crippen MR) is 77.3 cm³/mol. The lowest BCUT2D eigenvalue weighted by atomic mass is 9.83. The summed E-state index contributed by atoms with van der Waals surface area (Å²) >= 11 is 0. The van der Waals surface area contributed by atoms with Gasteiger partial charge in [0.05, 0.1) is 12.2 Å². The van der Waals surface area contributed by atoms with Crippen LogP contribution in [0.4, 0.5) is 0 Å². The molecule has 2 rings (SSSR count). The number of ether oxygens (including phenoxy) is 2. The quantitative estimate of drug-likeness (QED) is 0.846. The van der Waals surface area contributed by atoms with E-state index in [0.29, 0.717) is 12.2 Å².